The minimum atomic E-state index is -0.193. The van der Waals surface area contributed by atoms with Gasteiger partial charge in [-0.3, -0.25) is 4.90 Å². The summed E-state index contributed by atoms with van der Waals surface area (Å²) < 4.78 is 13.4. The first-order valence-electron chi connectivity index (χ1n) is 6.81. The fourth-order valence-electron chi connectivity index (χ4n) is 2.81. The summed E-state index contributed by atoms with van der Waals surface area (Å²) in [5, 5.41) is 0. The molecule has 0 radical (unpaired) electrons. The van der Waals surface area contributed by atoms with Crippen molar-refractivity contribution in [3.63, 3.8) is 0 Å². The number of piperidine rings is 1. The van der Waals surface area contributed by atoms with Crippen molar-refractivity contribution < 1.29 is 4.39 Å². The van der Waals surface area contributed by atoms with E-state index in [0.29, 0.717) is 11.6 Å². The molecule has 0 aliphatic carbocycles. The summed E-state index contributed by atoms with van der Waals surface area (Å²) in [6, 6.07) is 5.92. The zero-order valence-corrected chi connectivity index (χ0v) is 11.3. The molecule has 0 saturated carbocycles. The molecule has 1 aliphatic heterocycles. The smallest absolute Gasteiger partial charge is 0.127 e. The van der Waals surface area contributed by atoms with Crippen molar-refractivity contribution >= 4 is 0 Å². The predicted molar refractivity (Wildman–Crippen MR) is 72.6 cm³/mol. The van der Waals surface area contributed by atoms with Crippen LogP contribution in [0.3, 0.4) is 0 Å². The van der Waals surface area contributed by atoms with E-state index in [-0.39, 0.29) is 12.4 Å². The van der Waals surface area contributed by atoms with Crippen LogP contribution in [0, 0.1) is 11.7 Å². The van der Waals surface area contributed by atoms with Crippen LogP contribution in [0.15, 0.2) is 18.2 Å². The number of nitrogens with two attached hydrogens (primary N) is 1. The zero-order valence-electron chi connectivity index (χ0n) is 11.3. The topological polar surface area (TPSA) is 29.3 Å². The van der Waals surface area contributed by atoms with Gasteiger partial charge in [0.25, 0.3) is 0 Å². The molecule has 3 heteroatoms. The van der Waals surface area contributed by atoms with Crippen molar-refractivity contribution in [3.05, 3.63) is 35.1 Å². The lowest BCUT2D eigenvalue weighted by atomic mass is 9.93. The van der Waals surface area contributed by atoms with Gasteiger partial charge in [0.15, 0.2) is 0 Å². The predicted octanol–water partition coefficient (Wildman–Crippen LogP) is 2.90. The molecule has 2 atom stereocenters. The Labute approximate surface area is 109 Å². The van der Waals surface area contributed by atoms with Crippen molar-refractivity contribution in [1.82, 2.24) is 4.90 Å². The molecular weight excluding hydrogens is 227 g/mol. The van der Waals surface area contributed by atoms with Gasteiger partial charge in [-0.15, -0.1) is 0 Å². The Morgan fingerprint density at radius 2 is 2.17 bits per heavy atom. The first kappa shape index (κ1) is 13.5. The van der Waals surface area contributed by atoms with E-state index in [9.17, 15) is 4.39 Å². The Morgan fingerprint density at radius 1 is 1.39 bits per heavy atom. The third-order valence-electron chi connectivity index (χ3n) is 3.99. The molecule has 1 aromatic carbocycles. The van der Waals surface area contributed by atoms with Crippen molar-refractivity contribution in [1.29, 1.82) is 0 Å². The molecule has 2 unspecified atom stereocenters. The van der Waals surface area contributed by atoms with E-state index >= 15 is 0 Å². The third-order valence-corrected chi connectivity index (χ3v) is 3.99. The van der Waals surface area contributed by atoms with E-state index in [1.54, 1.807) is 0 Å². The number of rotatable bonds is 3. The van der Waals surface area contributed by atoms with Gasteiger partial charge >= 0.3 is 0 Å². The second-order valence-corrected chi connectivity index (χ2v) is 5.58. The van der Waals surface area contributed by atoms with Gasteiger partial charge in [-0.1, -0.05) is 19.1 Å². The van der Waals surface area contributed by atoms with Gasteiger partial charge in [0.1, 0.15) is 5.82 Å². The largest absolute Gasteiger partial charge is 0.326 e. The lowest BCUT2D eigenvalue weighted by Crippen LogP contribution is -2.39. The minimum Gasteiger partial charge on any atom is -0.326 e. The number of benzene rings is 1. The highest BCUT2D eigenvalue weighted by molar-refractivity contribution is 5.25. The molecule has 1 heterocycles. The Morgan fingerprint density at radius 3 is 2.83 bits per heavy atom. The maximum absolute atomic E-state index is 13.4. The molecule has 0 spiro atoms. The van der Waals surface area contributed by atoms with E-state index in [1.807, 2.05) is 12.1 Å². The maximum atomic E-state index is 13.4. The Kier molecular flexibility index (Phi) is 4.36. The fraction of sp³-hybridized carbons (Fsp3) is 0.600. The number of nitrogens with zero attached hydrogens (tertiary/aromatic N) is 1. The average molecular weight is 250 g/mol. The molecule has 0 aromatic heterocycles. The standard InChI is InChI=1S/C15H23FN2/c1-11-5-6-18(12(2)7-11)10-13-3-4-15(16)14(8-13)9-17/h3-4,8,11-12H,5-7,9-10,17H2,1-2H3. The van der Waals surface area contributed by atoms with Crippen molar-refractivity contribution in [2.24, 2.45) is 11.7 Å². The number of hydrogen-bond acceptors (Lipinski definition) is 2. The lowest BCUT2D eigenvalue weighted by Gasteiger charge is -2.36. The number of hydrogen-bond donors (Lipinski definition) is 1. The quantitative estimate of drug-likeness (QED) is 0.893. The van der Waals surface area contributed by atoms with Crippen molar-refractivity contribution in [3.8, 4) is 0 Å². The molecule has 1 fully saturated rings. The molecule has 1 aromatic rings. The highest BCUT2D eigenvalue weighted by Crippen LogP contribution is 2.24. The van der Waals surface area contributed by atoms with Gasteiger partial charge in [-0.05, 0) is 43.9 Å². The first-order chi connectivity index (χ1) is 8.60. The Hall–Kier alpha value is -0.930. The summed E-state index contributed by atoms with van der Waals surface area (Å²) in [7, 11) is 0. The van der Waals surface area contributed by atoms with Crippen LogP contribution in [0.1, 0.15) is 37.8 Å². The fourth-order valence-corrected chi connectivity index (χ4v) is 2.81. The van der Waals surface area contributed by atoms with Gasteiger partial charge in [0.05, 0.1) is 0 Å². The van der Waals surface area contributed by atoms with Crippen LogP contribution in [0.4, 0.5) is 4.39 Å². The third kappa shape index (κ3) is 3.09. The van der Waals surface area contributed by atoms with Crippen LogP contribution in [0.2, 0.25) is 0 Å². The molecule has 0 bridgehead atoms. The molecule has 1 saturated heterocycles. The molecule has 1 aliphatic rings. The van der Waals surface area contributed by atoms with E-state index < -0.39 is 0 Å². The Balaban J connectivity index is 2.05. The van der Waals surface area contributed by atoms with E-state index in [2.05, 4.69) is 18.7 Å². The van der Waals surface area contributed by atoms with Crippen LogP contribution in [0.25, 0.3) is 0 Å². The highest BCUT2D eigenvalue weighted by atomic mass is 19.1. The summed E-state index contributed by atoms with van der Waals surface area (Å²) in [5.41, 5.74) is 7.33. The summed E-state index contributed by atoms with van der Waals surface area (Å²) in [4.78, 5) is 2.48. The molecule has 2 nitrogen and oxygen atoms in total. The SMILES string of the molecule is CC1CCN(Cc2ccc(F)c(CN)c2)C(C)C1. The second-order valence-electron chi connectivity index (χ2n) is 5.58. The molecule has 18 heavy (non-hydrogen) atoms. The maximum Gasteiger partial charge on any atom is 0.127 e. The Bertz CT molecular complexity index is 405. The second kappa shape index (κ2) is 5.81. The summed E-state index contributed by atoms with van der Waals surface area (Å²) in [5.74, 6) is 0.630. The van der Waals surface area contributed by atoms with Crippen LogP contribution in [-0.2, 0) is 13.1 Å². The summed E-state index contributed by atoms with van der Waals surface area (Å²) in [6.45, 7) is 6.91. The highest BCUT2D eigenvalue weighted by Gasteiger charge is 2.22. The van der Waals surface area contributed by atoms with E-state index in [0.717, 1.165) is 19.0 Å². The molecule has 2 N–H and O–H groups in total. The van der Waals surface area contributed by atoms with Crippen LogP contribution >= 0.6 is 0 Å². The van der Waals surface area contributed by atoms with E-state index in [4.69, 9.17) is 5.73 Å². The van der Waals surface area contributed by atoms with Crippen molar-refractivity contribution in [2.75, 3.05) is 6.54 Å². The number of likely N-dealkylation sites (tertiary alicyclic amines) is 1. The van der Waals surface area contributed by atoms with E-state index in [1.165, 1.54) is 24.5 Å². The monoisotopic (exact) mass is 250 g/mol. The summed E-state index contributed by atoms with van der Waals surface area (Å²) in [6.07, 6.45) is 2.51. The lowest BCUT2D eigenvalue weighted by molar-refractivity contribution is 0.122. The molecule has 100 valence electrons. The van der Waals surface area contributed by atoms with Gasteiger partial charge in [-0.2, -0.15) is 0 Å². The molecule has 2 rings (SSSR count). The van der Waals surface area contributed by atoms with Crippen molar-refractivity contribution in [2.45, 2.75) is 45.8 Å². The van der Waals surface area contributed by atoms with Gasteiger partial charge in [-0.25, -0.2) is 4.39 Å². The van der Waals surface area contributed by atoms with Gasteiger partial charge in [0.2, 0.25) is 0 Å². The van der Waals surface area contributed by atoms with Crippen LogP contribution in [0.5, 0.6) is 0 Å². The van der Waals surface area contributed by atoms with Crippen LogP contribution in [-0.4, -0.2) is 17.5 Å². The molecule has 0 amide bonds. The zero-order chi connectivity index (χ0) is 13.1. The van der Waals surface area contributed by atoms with Crippen LogP contribution < -0.4 is 5.73 Å². The number of halogens is 1. The first-order valence-corrected chi connectivity index (χ1v) is 6.81. The van der Waals surface area contributed by atoms with Gasteiger partial charge in [0, 0.05) is 24.7 Å². The van der Waals surface area contributed by atoms with Gasteiger partial charge < -0.3 is 5.73 Å². The minimum absolute atomic E-state index is 0.193. The summed E-state index contributed by atoms with van der Waals surface area (Å²) >= 11 is 0. The normalized spacial score (nSPS) is 25.3. The molecular formula is C15H23FN2. The average Bonchev–Trinajstić information content (AvgIpc) is 2.35.